The van der Waals surface area contributed by atoms with E-state index in [0.29, 0.717) is 11.7 Å². The predicted molar refractivity (Wildman–Crippen MR) is 135 cm³/mol. The largest absolute Gasteiger partial charge is 0.383 e. The van der Waals surface area contributed by atoms with Crippen molar-refractivity contribution in [2.75, 3.05) is 5.73 Å². The lowest BCUT2D eigenvalue weighted by atomic mass is 9.93. The van der Waals surface area contributed by atoms with Crippen molar-refractivity contribution in [3.8, 4) is 16.8 Å². The van der Waals surface area contributed by atoms with E-state index in [1.807, 2.05) is 18.2 Å². The first-order valence-corrected chi connectivity index (χ1v) is 11.1. The van der Waals surface area contributed by atoms with Gasteiger partial charge in [0.15, 0.2) is 5.65 Å². The average Bonchev–Trinajstić information content (AvgIpc) is 3.25. The number of nitrogen functional groups attached to an aromatic ring is 1. The second-order valence-electron chi connectivity index (χ2n) is 8.57. The second kappa shape index (κ2) is 7.71. The lowest BCUT2D eigenvalue weighted by Gasteiger charge is -2.14. The molecule has 1 atom stereocenters. The molecule has 1 aliphatic rings. The number of anilines is 1. The molecule has 0 aliphatic heterocycles. The van der Waals surface area contributed by atoms with Gasteiger partial charge in [0, 0.05) is 22.8 Å². The third kappa shape index (κ3) is 3.38. The molecule has 2 N–H and O–H groups in total. The van der Waals surface area contributed by atoms with Crippen LogP contribution in [0, 0.1) is 5.92 Å². The van der Waals surface area contributed by atoms with E-state index in [1.54, 1.807) is 0 Å². The zero-order chi connectivity index (χ0) is 22.4. The molecular formula is C28H23N5. The van der Waals surface area contributed by atoms with Crippen LogP contribution >= 0.6 is 0 Å². The molecule has 0 saturated carbocycles. The summed E-state index contributed by atoms with van der Waals surface area (Å²) in [6.45, 7) is 2.23. The first-order chi connectivity index (χ1) is 16.2. The van der Waals surface area contributed by atoms with Gasteiger partial charge in [-0.05, 0) is 47.7 Å². The first-order valence-electron chi connectivity index (χ1n) is 11.1. The van der Waals surface area contributed by atoms with Crippen molar-refractivity contribution >= 4 is 33.3 Å². The summed E-state index contributed by atoms with van der Waals surface area (Å²) < 4.78 is 2.07. The number of para-hydroxylation sites is 1. The smallest absolute Gasteiger partial charge is 0.150 e. The van der Waals surface area contributed by atoms with Crippen LogP contribution in [0.5, 0.6) is 0 Å². The molecule has 5 nitrogen and oxygen atoms in total. The van der Waals surface area contributed by atoms with Crippen LogP contribution in [0.15, 0.2) is 91.4 Å². The number of nitrogens with zero attached hydrogens (tertiary/aromatic N) is 4. The van der Waals surface area contributed by atoms with E-state index in [0.717, 1.165) is 50.9 Å². The van der Waals surface area contributed by atoms with Crippen molar-refractivity contribution < 1.29 is 0 Å². The Morgan fingerprint density at radius 3 is 2.70 bits per heavy atom. The van der Waals surface area contributed by atoms with E-state index in [-0.39, 0.29) is 0 Å². The van der Waals surface area contributed by atoms with Crippen molar-refractivity contribution in [3.05, 3.63) is 97.1 Å². The van der Waals surface area contributed by atoms with Gasteiger partial charge in [0.2, 0.25) is 0 Å². The molecule has 2 aromatic carbocycles. The lowest BCUT2D eigenvalue weighted by Crippen LogP contribution is -1.99. The van der Waals surface area contributed by atoms with Crippen LogP contribution in [0.4, 0.5) is 5.82 Å². The third-order valence-corrected chi connectivity index (χ3v) is 6.26. The molecule has 3 heterocycles. The highest BCUT2D eigenvalue weighted by Gasteiger charge is 2.17. The highest BCUT2D eigenvalue weighted by Crippen LogP contribution is 2.36. The fourth-order valence-corrected chi connectivity index (χ4v) is 4.59. The highest BCUT2D eigenvalue weighted by atomic mass is 15.1. The van der Waals surface area contributed by atoms with E-state index in [4.69, 9.17) is 10.7 Å². The molecular weight excluding hydrogens is 406 g/mol. The molecule has 0 radical (unpaired) electrons. The molecule has 1 aliphatic carbocycles. The molecule has 5 heteroatoms. The minimum Gasteiger partial charge on any atom is -0.383 e. The molecule has 0 fully saturated rings. The van der Waals surface area contributed by atoms with Crippen LogP contribution in [0.2, 0.25) is 0 Å². The molecule has 0 bridgehead atoms. The number of nitrogens with two attached hydrogens (primary N) is 1. The average molecular weight is 430 g/mol. The Bertz CT molecular complexity index is 1560. The highest BCUT2D eigenvalue weighted by molar-refractivity contribution is 6.02. The number of rotatable bonds is 3. The maximum atomic E-state index is 6.34. The fourth-order valence-electron chi connectivity index (χ4n) is 4.59. The first kappa shape index (κ1) is 19.4. The van der Waals surface area contributed by atoms with Crippen molar-refractivity contribution in [1.29, 1.82) is 0 Å². The predicted octanol–water partition coefficient (Wildman–Crippen LogP) is 6.20. The zero-order valence-corrected chi connectivity index (χ0v) is 18.3. The molecule has 0 amide bonds. The number of hydrogen-bond acceptors (Lipinski definition) is 4. The van der Waals surface area contributed by atoms with Gasteiger partial charge in [0.25, 0.3) is 0 Å². The van der Waals surface area contributed by atoms with Gasteiger partial charge >= 0.3 is 0 Å². The Morgan fingerprint density at radius 2 is 1.85 bits per heavy atom. The molecule has 6 rings (SSSR count). The van der Waals surface area contributed by atoms with Gasteiger partial charge in [-0.25, -0.2) is 15.0 Å². The monoisotopic (exact) mass is 429 g/mol. The van der Waals surface area contributed by atoms with Crippen LogP contribution in [0.1, 0.15) is 19.0 Å². The summed E-state index contributed by atoms with van der Waals surface area (Å²) >= 11 is 0. The van der Waals surface area contributed by atoms with Crippen molar-refractivity contribution in [2.45, 2.75) is 13.3 Å². The van der Waals surface area contributed by atoms with E-state index in [2.05, 4.69) is 88.3 Å². The number of hydrogen-bond donors (Lipinski definition) is 1. The van der Waals surface area contributed by atoms with Crippen LogP contribution in [-0.4, -0.2) is 19.5 Å². The van der Waals surface area contributed by atoms with Crippen LogP contribution in [-0.2, 0) is 0 Å². The van der Waals surface area contributed by atoms with Crippen LogP contribution in [0.3, 0.4) is 0 Å². The van der Waals surface area contributed by atoms with Crippen LogP contribution < -0.4 is 5.73 Å². The van der Waals surface area contributed by atoms with E-state index in [9.17, 15) is 0 Å². The summed E-state index contributed by atoms with van der Waals surface area (Å²) in [6.07, 6.45) is 11.1. The van der Waals surface area contributed by atoms with Crippen molar-refractivity contribution in [1.82, 2.24) is 19.5 Å². The van der Waals surface area contributed by atoms with Gasteiger partial charge < -0.3 is 10.3 Å². The summed E-state index contributed by atoms with van der Waals surface area (Å²) in [5.41, 5.74) is 13.5. The zero-order valence-electron chi connectivity index (χ0n) is 18.3. The number of allylic oxidation sites excluding steroid dienone is 4. The van der Waals surface area contributed by atoms with Crippen molar-refractivity contribution in [3.63, 3.8) is 0 Å². The second-order valence-corrected chi connectivity index (χ2v) is 8.57. The summed E-state index contributed by atoms with van der Waals surface area (Å²) in [4.78, 5) is 13.8. The molecule has 0 spiro atoms. The Labute approximate surface area is 191 Å². The lowest BCUT2D eigenvalue weighted by molar-refractivity contribution is 0.747. The minimum absolute atomic E-state index is 0.472. The summed E-state index contributed by atoms with van der Waals surface area (Å²) in [6, 6.07) is 20.8. The minimum atomic E-state index is 0.472. The maximum Gasteiger partial charge on any atom is 0.150 e. The fraction of sp³-hybridized carbons (Fsp3) is 0.107. The van der Waals surface area contributed by atoms with Crippen LogP contribution in [0.25, 0.3) is 44.3 Å². The summed E-state index contributed by atoms with van der Waals surface area (Å²) in [5.74, 6) is 1.00. The number of benzene rings is 2. The number of pyridine rings is 1. The molecule has 5 aromatic rings. The summed E-state index contributed by atoms with van der Waals surface area (Å²) in [7, 11) is 0. The number of aromatic nitrogens is 4. The van der Waals surface area contributed by atoms with E-state index < -0.39 is 0 Å². The molecule has 33 heavy (non-hydrogen) atoms. The van der Waals surface area contributed by atoms with E-state index in [1.165, 1.54) is 11.9 Å². The van der Waals surface area contributed by atoms with Crippen molar-refractivity contribution in [2.24, 2.45) is 5.92 Å². The quantitative estimate of drug-likeness (QED) is 0.371. The normalized spacial score (nSPS) is 15.8. The Hall–Kier alpha value is -4.25. The maximum absolute atomic E-state index is 6.34. The van der Waals surface area contributed by atoms with Gasteiger partial charge in [0.1, 0.15) is 12.1 Å². The molecule has 3 aromatic heterocycles. The summed E-state index contributed by atoms with van der Waals surface area (Å²) in [5, 5.41) is 1.96. The molecule has 160 valence electrons. The Balaban J connectivity index is 1.53. The SMILES string of the molecule is CC1C=CC=C(c2ccc3ccc(-c4cn(-c5ccccc5)c5ncnc(N)c45)cc3n2)C1. The van der Waals surface area contributed by atoms with Gasteiger partial charge in [-0.3, -0.25) is 0 Å². The molecule has 1 unspecified atom stereocenters. The third-order valence-electron chi connectivity index (χ3n) is 6.26. The topological polar surface area (TPSA) is 69.6 Å². The van der Waals surface area contributed by atoms with Gasteiger partial charge in [-0.2, -0.15) is 0 Å². The van der Waals surface area contributed by atoms with Gasteiger partial charge in [0.05, 0.1) is 16.6 Å². The Kier molecular flexibility index (Phi) is 4.54. The van der Waals surface area contributed by atoms with E-state index >= 15 is 0 Å². The van der Waals surface area contributed by atoms with Gasteiger partial charge in [-0.15, -0.1) is 0 Å². The number of fused-ring (bicyclic) bond motifs is 2. The van der Waals surface area contributed by atoms with Gasteiger partial charge in [-0.1, -0.05) is 61.5 Å². The Morgan fingerprint density at radius 1 is 1.00 bits per heavy atom. The standard InChI is InChI=1S/C28H23N5/c1-18-6-5-7-21(14-18)24-13-12-19-10-11-20(15-25(19)32-24)23-16-33(22-8-3-2-4-9-22)28-26(23)27(29)30-17-31-28/h2-13,15-18H,14H2,1H3,(H2,29,30,31). The molecule has 0 saturated heterocycles.